The Bertz CT molecular complexity index is 533. The van der Waals surface area contributed by atoms with Gasteiger partial charge in [0.05, 0.1) is 13.7 Å². The lowest BCUT2D eigenvalue weighted by Gasteiger charge is -2.21. The number of benzene rings is 1. The third kappa shape index (κ3) is 10.1. The number of hydrogen-bond donors (Lipinski definition) is 2. The monoisotopic (exact) mass is 378 g/mol. The minimum Gasteiger partial charge on any atom is -0.497 e. The zero-order chi connectivity index (χ0) is 19.9. The second-order valence-corrected chi connectivity index (χ2v) is 6.50. The normalized spacial score (nSPS) is 12.7. The maximum atomic E-state index is 5.75. The molecule has 0 fully saturated rings. The summed E-state index contributed by atoms with van der Waals surface area (Å²) in [6.45, 7) is 14.1. The van der Waals surface area contributed by atoms with E-state index in [1.807, 2.05) is 24.3 Å². The fourth-order valence-electron chi connectivity index (χ4n) is 2.80. The summed E-state index contributed by atoms with van der Waals surface area (Å²) < 4.78 is 11.0. The number of guanidine groups is 1. The molecule has 1 rings (SSSR count). The smallest absolute Gasteiger partial charge is 0.191 e. The Morgan fingerprint density at radius 1 is 1.19 bits per heavy atom. The van der Waals surface area contributed by atoms with Crippen molar-refractivity contribution in [3.8, 4) is 11.5 Å². The maximum absolute atomic E-state index is 5.75. The van der Waals surface area contributed by atoms with Crippen LogP contribution in [-0.2, 0) is 0 Å². The molecule has 27 heavy (non-hydrogen) atoms. The number of rotatable bonds is 13. The second kappa shape index (κ2) is 14.2. The molecule has 0 amide bonds. The van der Waals surface area contributed by atoms with Gasteiger partial charge in [0, 0.05) is 18.7 Å². The SMILES string of the molecule is CCNC(=NCCOc1cccc(OC)c1)NC(C)CCCN(CC)CC. The van der Waals surface area contributed by atoms with Gasteiger partial charge in [-0.3, -0.25) is 0 Å². The number of ether oxygens (including phenoxy) is 2. The van der Waals surface area contributed by atoms with Crippen molar-refractivity contribution in [1.82, 2.24) is 15.5 Å². The van der Waals surface area contributed by atoms with Crippen LogP contribution in [0.1, 0.15) is 40.5 Å². The largest absolute Gasteiger partial charge is 0.497 e. The third-order valence-electron chi connectivity index (χ3n) is 4.40. The number of nitrogens with zero attached hydrogens (tertiary/aromatic N) is 2. The van der Waals surface area contributed by atoms with Crippen molar-refractivity contribution in [3.05, 3.63) is 24.3 Å². The summed E-state index contributed by atoms with van der Waals surface area (Å²) in [5, 5.41) is 6.79. The number of aliphatic imine (C=N–C) groups is 1. The maximum Gasteiger partial charge on any atom is 0.191 e. The van der Waals surface area contributed by atoms with Gasteiger partial charge in [-0.25, -0.2) is 4.99 Å². The molecule has 0 aromatic heterocycles. The molecule has 0 radical (unpaired) electrons. The predicted octanol–water partition coefficient (Wildman–Crippen LogP) is 3.14. The van der Waals surface area contributed by atoms with Gasteiger partial charge >= 0.3 is 0 Å². The van der Waals surface area contributed by atoms with Gasteiger partial charge in [-0.1, -0.05) is 19.9 Å². The molecular formula is C21H38N4O2. The van der Waals surface area contributed by atoms with Crippen molar-refractivity contribution in [2.75, 3.05) is 46.4 Å². The molecule has 0 aliphatic heterocycles. The fraction of sp³-hybridized carbons (Fsp3) is 0.667. The molecule has 0 saturated heterocycles. The first-order valence-corrected chi connectivity index (χ1v) is 10.2. The first-order chi connectivity index (χ1) is 13.1. The number of methoxy groups -OCH3 is 1. The molecule has 0 bridgehead atoms. The van der Waals surface area contributed by atoms with Crippen LogP contribution in [0.2, 0.25) is 0 Å². The van der Waals surface area contributed by atoms with E-state index in [0.717, 1.165) is 50.1 Å². The van der Waals surface area contributed by atoms with Crippen LogP contribution in [0, 0.1) is 0 Å². The summed E-state index contributed by atoms with van der Waals surface area (Å²) in [4.78, 5) is 7.07. The lowest BCUT2D eigenvalue weighted by molar-refractivity contribution is 0.292. The Balaban J connectivity index is 2.37. The van der Waals surface area contributed by atoms with Crippen LogP contribution < -0.4 is 20.1 Å². The minimum atomic E-state index is 0.387. The average Bonchev–Trinajstić information content (AvgIpc) is 2.69. The molecule has 0 aliphatic carbocycles. The van der Waals surface area contributed by atoms with Gasteiger partial charge in [0.2, 0.25) is 0 Å². The Kier molecular flexibility index (Phi) is 12.1. The quantitative estimate of drug-likeness (QED) is 0.314. The molecule has 0 saturated carbocycles. The van der Waals surface area contributed by atoms with E-state index >= 15 is 0 Å². The molecule has 1 unspecified atom stereocenters. The third-order valence-corrected chi connectivity index (χ3v) is 4.40. The Morgan fingerprint density at radius 2 is 1.93 bits per heavy atom. The van der Waals surface area contributed by atoms with E-state index in [9.17, 15) is 0 Å². The molecular weight excluding hydrogens is 340 g/mol. The van der Waals surface area contributed by atoms with E-state index in [4.69, 9.17) is 9.47 Å². The van der Waals surface area contributed by atoms with Crippen LogP contribution in [0.5, 0.6) is 11.5 Å². The summed E-state index contributed by atoms with van der Waals surface area (Å²) in [7, 11) is 1.65. The average molecular weight is 379 g/mol. The summed E-state index contributed by atoms with van der Waals surface area (Å²) in [5.74, 6) is 2.44. The second-order valence-electron chi connectivity index (χ2n) is 6.50. The van der Waals surface area contributed by atoms with E-state index < -0.39 is 0 Å². The molecule has 6 heteroatoms. The summed E-state index contributed by atoms with van der Waals surface area (Å²) >= 11 is 0. The van der Waals surface area contributed by atoms with Crippen molar-refractivity contribution in [3.63, 3.8) is 0 Å². The van der Waals surface area contributed by atoms with Crippen LogP contribution in [-0.4, -0.2) is 63.3 Å². The molecule has 0 heterocycles. The van der Waals surface area contributed by atoms with E-state index in [1.54, 1.807) is 7.11 Å². The van der Waals surface area contributed by atoms with Crippen molar-refractivity contribution < 1.29 is 9.47 Å². The number of hydrogen-bond acceptors (Lipinski definition) is 4. The molecule has 6 nitrogen and oxygen atoms in total. The highest BCUT2D eigenvalue weighted by Crippen LogP contribution is 2.18. The Labute approximate surface area is 165 Å². The zero-order valence-corrected chi connectivity index (χ0v) is 17.8. The molecule has 0 aliphatic rings. The molecule has 2 N–H and O–H groups in total. The van der Waals surface area contributed by atoms with Gasteiger partial charge in [-0.2, -0.15) is 0 Å². The van der Waals surface area contributed by atoms with Crippen molar-refractivity contribution in [2.45, 2.75) is 46.6 Å². The van der Waals surface area contributed by atoms with Crippen molar-refractivity contribution in [2.24, 2.45) is 4.99 Å². The molecule has 1 aromatic carbocycles. The predicted molar refractivity (Wildman–Crippen MR) is 114 cm³/mol. The van der Waals surface area contributed by atoms with Gasteiger partial charge in [0.15, 0.2) is 5.96 Å². The topological polar surface area (TPSA) is 58.1 Å². The summed E-state index contributed by atoms with van der Waals surface area (Å²) in [5.41, 5.74) is 0. The lowest BCUT2D eigenvalue weighted by atomic mass is 10.2. The van der Waals surface area contributed by atoms with Gasteiger partial charge in [-0.15, -0.1) is 0 Å². The van der Waals surface area contributed by atoms with Crippen LogP contribution in [0.25, 0.3) is 0 Å². The van der Waals surface area contributed by atoms with Crippen molar-refractivity contribution >= 4 is 5.96 Å². The fourth-order valence-corrected chi connectivity index (χ4v) is 2.80. The van der Waals surface area contributed by atoms with Crippen molar-refractivity contribution in [1.29, 1.82) is 0 Å². The summed E-state index contributed by atoms with van der Waals surface area (Å²) in [6.07, 6.45) is 2.31. The first-order valence-electron chi connectivity index (χ1n) is 10.2. The van der Waals surface area contributed by atoms with Crippen LogP contribution in [0.3, 0.4) is 0 Å². The van der Waals surface area contributed by atoms with Crippen LogP contribution in [0.15, 0.2) is 29.3 Å². The van der Waals surface area contributed by atoms with Crippen LogP contribution >= 0.6 is 0 Å². The number of nitrogens with one attached hydrogen (secondary N) is 2. The molecule has 154 valence electrons. The highest BCUT2D eigenvalue weighted by Gasteiger charge is 2.06. The molecule has 1 aromatic rings. The minimum absolute atomic E-state index is 0.387. The first kappa shape index (κ1) is 23.1. The highest BCUT2D eigenvalue weighted by molar-refractivity contribution is 5.80. The van der Waals surface area contributed by atoms with E-state index in [1.165, 1.54) is 6.42 Å². The molecule has 1 atom stereocenters. The Morgan fingerprint density at radius 3 is 2.59 bits per heavy atom. The van der Waals surface area contributed by atoms with E-state index in [2.05, 4.69) is 48.2 Å². The van der Waals surface area contributed by atoms with Gasteiger partial charge in [-0.05, 0) is 58.5 Å². The Hall–Kier alpha value is -1.95. The highest BCUT2D eigenvalue weighted by atomic mass is 16.5. The summed E-state index contributed by atoms with van der Waals surface area (Å²) in [6, 6.07) is 8.01. The molecule has 0 spiro atoms. The van der Waals surface area contributed by atoms with Crippen LogP contribution in [0.4, 0.5) is 0 Å². The lowest BCUT2D eigenvalue weighted by Crippen LogP contribution is -2.42. The zero-order valence-electron chi connectivity index (χ0n) is 17.8. The van der Waals surface area contributed by atoms with E-state index in [0.29, 0.717) is 19.2 Å². The van der Waals surface area contributed by atoms with Gasteiger partial charge in [0.25, 0.3) is 0 Å². The van der Waals surface area contributed by atoms with Gasteiger partial charge < -0.3 is 25.0 Å². The van der Waals surface area contributed by atoms with E-state index in [-0.39, 0.29) is 0 Å². The van der Waals surface area contributed by atoms with Gasteiger partial charge in [0.1, 0.15) is 18.1 Å². The standard InChI is InChI=1S/C21H38N4O2/c1-6-22-21(24-18(4)11-10-15-25(7-2)8-3)23-14-16-27-20-13-9-12-19(17-20)26-5/h9,12-13,17-18H,6-8,10-11,14-16H2,1-5H3,(H2,22,23,24).